The maximum absolute atomic E-state index is 14.5. The lowest BCUT2D eigenvalue weighted by atomic mass is 10.1. The standard InChI is InChI=1S/C20H22FN3O3/c1-13(2)19-15(20(25)26)12-22-18(23-19)6-4-14-3-5-17(16(21)11-14)24-7-9-27-10-8-24/h3-6,11-13H,7-10H2,1-2H3,(H,25,26)/b6-4+. The molecule has 1 aliphatic rings. The fourth-order valence-electron chi connectivity index (χ4n) is 2.95. The molecule has 3 rings (SSSR count). The van der Waals surface area contributed by atoms with Crippen LogP contribution >= 0.6 is 0 Å². The molecule has 1 fully saturated rings. The fraction of sp³-hybridized carbons (Fsp3) is 0.350. The Morgan fingerprint density at radius 3 is 2.67 bits per heavy atom. The summed E-state index contributed by atoms with van der Waals surface area (Å²) in [6, 6.07) is 5.06. The highest BCUT2D eigenvalue weighted by Crippen LogP contribution is 2.23. The lowest BCUT2D eigenvalue weighted by Crippen LogP contribution is -2.36. The first-order valence-corrected chi connectivity index (χ1v) is 8.86. The molecule has 2 heterocycles. The van der Waals surface area contributed by atoms with E-state index in [2.05, 4.69) is 9.97 Å². The van der Waals surface area contributed by atoms with Gasteiger partial charge in [0.05, 0.1) is 30.2 Å². The quantitative estimate of drug-likeness (QED) is 0.868. The molecule has 0 aliphatic carbocycles. The van der Waals surface area contributed by atoms with Gasteiger partial charge in [0.25, 0.3) is 0 Å². The summed E-state index contributed by atoms with van der Waals surface area (Å²) in [5.41, 5.74) is 1.83. The van der Waals surface area contributed by atoms with Crippen LogP contribution < -0.4 is 4.90 Å². The van der Waals surface area contributed by atoms with Gasteiger partial charge in [-0.05, 0) is 29.7 Å². The largest absolute Gasteiger partial charge is 0.478 e. The van der Waals surface area contributed by atoms with Crippen LogP contribution in [0.3, 0.4) is 0 Å². The number of benzene rings is 1. The predicted molar refractivity (Wildman–Crippen MR) is 101 cm³/mol. The lowest BCUT2D eigenvalue weighted by Gasteiger charge is -2.29. The Kier molecular flexibility index (Phi) is 5.81. The molecule has 0 amide bonds. The van der Waals surface area contributed by atoms with E-state index in [4.69, 9.17) is 4.74 Å². The van der Waals surface area contributed by atoms with E-state index in [1.807, 2.05) is 24.8 Å². The van der Waals surface area contributed by atoms with E-state index in [0.29, 0.717) is 49.1 Å². The number of morpholine rings is 1. The molecule has 1 aromatic carbocycles. The van der Waals surface area contributed by atoms with Crippen molar-refractivity contribution in [3.8, 4) is 0 Å². The van der Waals surface area contributed by atoms with Gasteiger partial charge in [-0.3, -0.25) is 0 Å². The molecule has 0 saturated carbocycles. The lowest BCUT2D eigenvalue weighted by molar-refractivity contribution is 0.0694. The number of nitrogens with zero attached hydrogens (tertiary/aromatic N) is 3. The summed E-state index contributed by atoms with van der Waals surface area (Å²) in [6.45, 7) is 6.30. The van der Waals surface area contributed by atoms with Crippen LogP contribution in [-0.2, 0) is 4.74 Å². The molecule has 0 atom stereocenters. The Morgan fingerprint density at radius 1 is 1.30 bits per heavy atom. The first-order chi connectivity index (χ1) is 13.0. The smallest absolute Gasteiger partial charge is 0.339 e. The van der Waals surface area contributed by atoms with Crippen LogP contribution in [0.15, 0.2) is 24.4 Å². The SMILES string of the molecule is CC(C)c1nc(/C=C/c2ccc(N3CCOCC3)c(F)c2)ncc1C(=O)O. The minimum absolute atomic E-state index is 0.0449. The molecule has 0 unspecified atom stereocenters. The maximum atomic E-state index is 14.5. The number of carboxylic acid groups (broad SMARTS) is 1. The zero-order chi connectivity index (χ0) is 19.4. The van der Waals surface area contributed by atoms with Crippen molar-refractivity contribution < 1.29 is 19.0 Å². The summed E-state index contributed by atoms with van der Waals surface area (Å²) < 4.78 is 19.8. The average Bonchev–Trinajstić information content (AvgIpc) is 2.66. The molecule has 1 aromatic heterocycles. The summed E-state index contributed by atoms with van der Waals surface area (Å²) in [5.74, 6) is -0.989. The Morgan fingerprint density at radius 2 is 2.04 bits per heavy atom. The Balaban J connectivity index is 1.80. The van der Waals surface area contributed by atoms with E-state index in [-0.39, 0.29) is 17.3 Å². The van der Waals surface area contributed by atoms with E-state index in [1.54, 1.807) is 18.2 Å². The van der Waals surface area contributed by atoms with Crippen molar-refractivity contribution in [2.24, 2.45) is 0 Å². The third-order valence-corrected chi connectivity index (χ3v) is 4.36. The van der Waals surface area contributed by atoms with Gasteiger partial charge < -0.3 is 14.7 Å². The Bertz CT molecular complexity index is 862. The number of ether oxygens (including phenoxy) is 1. The van der Waals surface area contributed by atoms with Crippen molar-refractivity contribution in [1.82, 2.24) is 9.97 Å². The van der Waals surface area contributed by atoms with Crippen LogP contribution in [0.4, 0.5) is 10.1 Å². The second-order valence-electron chi connectivity index (χ2n) is 6.63. The van der Waals surface area contributed by atoms with Gasteiger partial charge >= 0.3 is 5.97 Å². The van der Waals surface area contributed by atoms with Crippen LogP contribution in [-0.4, -0.2) is 47.3 Å². The fourth-order valence-corrected chi connectivity index (χ4v) is 2.95. The number of anilines is 1. The number of halogens is 1. The van der Waals surface area contributed by atoms with E-state index in [0.717, 1.165) is 0 Å². The molecule has 27 heavy (non-hydrogen) atoms. The van der Waals surface area contributed by atoms with Crippen LogP contribution in [0, 0.1) is 5.82 Å². The normalized spacial score (nSPS) is 14.9. The van der Waals surface area contributed by atoms with Crippen molar-refractivity contribution in [2.75, 3.05) is 31.2 Å². The molecular formula is C20H22FN3O3. The van der Waals surface area contributed by atoms with Crippen molar-refractivity contribution in [3.05, 3.63) is 52.9 Å². The van der Waals surface area contributed by atoms with E-state index >= 15 is 0 Å². The van der Waals surface area contributed by atoms with Crippen LogP contribution in [0.5, 0.6) is 0 Å². The molecule has 142 valence electrons. The highest BCUT2D eigenvalue weighted by atomic mass is 19.1. The number of rotatable bonds is 5. The van der Waals surface area contributed by atoms with Gasteiger partial charge in [-0.25, -0.2) is 19.2 Å². The van der Waals surface area contributed by atoms with Gasteiger partial charge in [-0.15, -0.1) is 0 Å². The number of carbonyl (C=O) groups is 1. The molecule has 2 aromatic rings. The van der Waals surface area contributed by atoms with Gasteiger partial charge in [0, 0.05) is 19.3 Å². The van der Waals surface area contributed by atoms with E-state index < -0.39 is 5.97 Å². The predicted octanol–water partition coefficient (Wildman–Crippen LogP) is 3.44. The molecule has 0 bridgehead atoms. The topological polar surface area (TPSA) is 75.5 Å². The van der Waals surface area contributed by atoms with Crippen molar-refractivity contribution in [1.29, 1.82) is 0 Å². The molecule has 6 nitrogen and oxygen atoms in total. The highest BCUT2D eigenvalue weighted by Gasteiger charge is 2.16. The number of carboxylic acids is 1. The molecule has 0 radical (unpaired) electrons. The third-order valence-electron chi connectivity index (χ3n) is 4.36. The zero-order valence-electron chi connectivity index (χ0n) is 15.4. The second kappa shape index (κ2) is 8.26. The maximum Gasteiger partial charge on any atom is 0.339 e. The first kappa shape index (κ1) is 19.0. The molecule has 0 spiro atoms. The third kappa shape index (κ3) is 4.49. The molecular weight excluding hydrogens is 349 g/mol. The summed E-state index contributed by atoms with van der Waals surface area (Å²) in [6.07, 6.45) is 4.68. The van der Waals surface area contributed by atoms with Crippen LogP contribution in [0.2, 0.25) is 0 Å². The Labute approximate surface area is 157 Å². The molecule has 1 aliphatic heterocycles. The number of aromatic nitrogens is 2. The number of hydrogen-bond acceptors (Lipinski definition) is 5. The monoisotopic (exact) mass is 371 g/mol. The van der Waals surface area contributed by atoms with Gasteiger partial charge in [0.1, 0.15) is 5.82 Å². The van der Waals surface area contributed by atoms with Crippen molar-refractivity contribution in [2.45, 2.75) is 19.8 Å². The minimum atomic E-state index is -1.05. The van der Waals surface area contributed by atoms with E-state index in [9.17, 15) is 14.3 Å². The highest BCUT2D eigenvalue weighted by molar-refractivity contribution is 5.88. The summed E-state index contributed by atoms with van der Waals surface area (Å²) in [4.78, 5) is 21.6. The summed E-state index contributed by atoms with van der Waals surface area (Å²) in [5, 5.41) is 9.23. The van der Waals surface area contributed by atoms with Crippen LogP contribution in [0.25, 0.3) is 12.2 Å². The van der Waals surface area contributed by atoms with E-state index in [1.165, 1.54) is 12.3 Å². The molecule has 1 saturated heterocycles. The summed E-state index contributed by atoms with van der Waals surface area (Å²) >= 11 is 0. The van der Waals surface area contributed by atoms with Gasteiger partial charge in [-0.1, -0.05) is 26.0 Å². The Hall–Kier alpha value is -2.80. The van der Waals surface area contributed by atoms with Crippen LogP contribution in [0.1, 0.15) is 47.2 Å². The first-order valence-electron chi connectivity index (χ1n) is 8.86. The van der Waals surface area contributed by atoms with Crippen molar-refractivity contribution >= 4 is 23.8 Å². The summed E-state index contributed by atoms with van der Waals surface area (Å²) in [7, 11) is 0. The van der Waals surface area contributed by atoms with Gasteiger partial charge in [0.15, 0.2) is 5.82 Å². The van der Waals surface area contributed by atoms with Gasteiger partial charge in [-0.2, -0.15) is 0 Å². The van der Waals surface area contributed by atoms with Crippen molar-refractivity contribution in [3.63, 3.8) is 0 Å². The number of aromatic carboxylic acids is 1. The number of hydrogen-bond donors (Lipinski definition) is 1. The van der Waals surface area contributed by atoms with Gasteiger partial charge in [0.2, 0.25) is 0 Å². The second-order valence-corrected chi connectivity index (χ2v) is 6.63. The average molecular weight is 371 g/mol. The molecule has 7 heteroatoms. The molecule has 1 N–H and O–H groups in total. The zero-order valence-corrected chi connectivity index (χ0v) is 15.4. The minimum Gasteiger partial charge on any atom is -0.478 e.